The molecule has 0 bridgehead atoms. The van der Waals surface area contributed by atoms with E-state index in [1.54, 1.807) is 0 Å². The number of hydrogen-bond donors (Lipinski definition) is 2. The third-order valence-electron chi connectivity index (χ3n) is 5.87. The molecule has 4 rings (SSSR count). The molecular weight excluding hydrogens is 350 g/mol. The number of benzene rings is 3. The van der Waals surface area contributed by atoms with E-state index in [1.165, 1.54) is 16.3 Å². The van der Waals surface area contributed by atoms with Crippen LogP contribution >= 0.6 is 12.6 Å². The van der Waals surface area contributed by atoms with E-state index in [0.717, 1.165) is 37.1 Å². The smallest absolute Gasteiger partial charge is 0.103 e. The van der Waals surface area contributed by atoms with Gasteiger partial charge in [0.05, 0.1) is 5.25 Å². The fourth-order valence-electron chi connectivity index (χ4n) is 4.43. The Balaban J connectivity index is 1.79. The molecule has 140 valence electrons. The lowest BCUT2D eigenvalue weighted by Gasteiger charge is -2.40. The highest BCUT2D eigenvalue weighted by molar-refractivity contribution is 7.80. The van der Waals surface area contributed by atoms with E-state index in [9.17, 15) is 5.11 Å². The van der Waals surface area contributed by atoms with Crippen molar-refractivity contribution < 1.29 is 5.11 Å². The number of rotatable bonds is 4. The van der Waals surface area contributed by atoms with Crippen molar-refractivity contribution in [2.75, 3.05) is 19.6 Å². The first kappa shape index (κ1) is 18.5. The summed E-state index contributed by atoms with van der Waals surface area (Å²) in [5.74, 6) is 0. The van der Waals surface area contributed by atoms with Crippen molar-refractivity contribution in [3.8, 4) is 0 Å². The molecule has 1 fully saturated rings. The molecule has 1 N–H and O–H groups in total. The van der Waals surface area contributed by atoms with Crippen LogP contribution in [0.1, 0.15) is 41.7 Å². The zero-order valence-corrected chi connectivity index (χ0v) is 16.7. The minimum atomic E-state index is -0.809. The monoisotopic (exact) mass is 377 g/mol. The second kappa shape index (κ2) is 7.67. The lowest BCUT2D eigenvalue weighted by Crippen LogP contribution is -2.46. The molecular formula is C24H27NOS. The van der Waals surface area contributed by atoms with Crippen molar-refractivity contribution in [2.24, 2.45) is 0 Å². The Morgan fingerprint density at radius 3 is 2.56 bits per heavy atom. The lowest BCUT2D eigenvalue weighted by molar-refractivity contribution is -0.0346. The van der Waals surface area contributed by atoms with Crippen LogP contribution in [0.5, 0.6) is 0 Å². The molecule has 0 radical (unpaired) electrons. The number of β-amino-alcohol motifs (C(OH)–C–C–N with tert-alkyl or cyclic N) is 1. The molecule has 0 aromatic heterocycles. The van der Waals surface area contributed by atoms with Crippen LogP contribution in [0.3, 0.4) is 0 Å². The van der Waals surface area contributed by atoms with E-state index in [1.807, 2.05) is 6.07 Å². The second-order valence-electron chi connectivity index (χ2n) is 7.56. The van der Waals surface area contributed by atoms with Gasteiger partial charge >= 0.3 is 0 Å². The van der Waals surface area contributed by atoms with Crippen LogP contribution in [-0.2, 0) is 5.60 Å². The largest absolute Gasteiger partial charge is 0.384 e. The molecule has 1 aliphatic heterocycles. The summed E-state index contributed by atoms with van der Waals surface area (Å²) >= 11 is 5.03. The van der Waals surface area contributed by atoms with Crippen molar-refractivity contribution in [2.45, 2.75) is 30.6 Å². The topological polar surface area (TPSA) is 23.5 Å². The van der Waals surface area contributed by atoms with E-state index in [-0.39, 0.29) is 5.25 Å². The summed E-state index contributed by atoms with van der Waals surface area (Å²) < 4.78 is 0. The molecule has 3 aromatic rings. The summed E-state index contributed by atoms with van der Waals surface area (Å²) in [5, 5.41) is 13.9. The Morgan fingerprint density at radius 1 is 1.00 bits per heavy atom. The van der Waals surface area contributed by atoms with Crippen molar-refractivity contribution in [3.63, 3.8) is 0 Å². The van der Waals surface area contributed by atoms with E-state index in [4.69, 9.17) is 12.6 Å². The summed E-state index contributed by atoms with van der Waals surface area (Å²) in [5.41, 5.74) is 2.51. The lowest BCUT2D eigenvalue weighted by atomic mass is 9.81. The Labute approximate surface area is 167 Å². The van der Waals surface area contributed by atoms with Crippen LogP contribution in [0.4, 0.5) is 0 Å². The summed E-state index contributed by atoms with van der Waals surface area (Å²) in [6.07, 6.45) is 1.82. The first-order valence-electron chi connectivity index (χ1n) is 9.82. The average Bonchev–Trinajstić information content (AvgIpc) is 2.73. The van der Waals surface area contributed by atoms with Crippen LogP contribution in [0.15, 0.2) is 66.7 Å². The van der Waals surface area contributed by atoms with Gasteiger partial charge in [-0.1, -0.05) is 73.7 Å². The number of thiol groups is 1. The van der Waals surface area contributed by atoms with Gasteiger partial charge in [0.25, 0.3) is 0 Å². The van der Waals surface area contributed by atoms with Gasteiger partial charge in [-0.25, -0.2) is 0 Å². The molecule has 3 heteroatoms. The van der Waals surface area contributed by atoms with Crippen LogP contribution in [0, 0.1) is 0 Å². The number of nitrogens with zero attached hydrogens (tertiary/aromatic N) is 1. The maximum absolute atomic E-state index is 11.6. The molecule has 0 saturated carbocycles. The minimum Gasteiger partial charge on any atom is -0.384 e. The molecule has 0 aliphatic carbocycles. The molecule has 0 amide bonds. The molecule has 1 saturated heterocycles. The molecule has 0 spiro atoms. The van der Waals surface area contributed by atoms with E-state index < -0.39 is 5.60 Å². The quantitative estimate of drug-likeness (QED) is 0.613. The average molecular weight is 378 g/mol. The summed E-state index contributed by atoms with van der Waals surface area (Å²) in [7, 11) is 0. The summed E-state index contributed by atoms with van der Waals surface area (Å²) in [4.78, 5) is 2.34. The number of aliphatic hydroxyl groups is 1. The molecule has 2 atom stereocenters. The normalized spacial score (nSPS) is 22.0. The maximum atomic E-state index is 11.6. The summed E-state index contributed by atoms with van der Waals surface area (Å²) in [6.45, 7) is 4.89. The van der Waals surface area contributed by atoms with Gasteiger partial charge in [-0.15, -0.1) is 0 Å². The van der Waals surface area contributed by atoms with Crippen molar-refractivity contribution in [3.05, 3.63) is 83.4 Å². The number of hydrogen-bond acceptors (Lipinski definition) is 3. The number of likely N-dealkylation sites (tertiary alicyclic amines) is 1. The number of likely N-dealkylation sites (N-methyl/N-ethyl adjacent to an activating group) is 1. The minimum absolute atomic E-state index is 0.0756. The van der Waals surface area contributed by atoms with Gasteiger partial charge < -0.3 is 10.0 Å². The van der Waals surface area contributed by atoms with Gasteiger partial charge in [0, 0.05) is 6.54 Å². The molecule has 1 heterocycles. The first-order chi connectivity index (χ1) is 13.1. The Hall–Kier alpha value is -1.81. The van der Waals surface area contributed by atoms with Gasteiger partial charge in [0.2, 0.25) is 0 Å². The highest BCUT2D eigenvalue weighted by Gasteiger charge is 2.37. The first-order valence-corrected chi connectivity index (χ1v) is 10.3. The fraction of sp³-hybridized carbons (Fsp3) is 0.333. The van der Waals surface area contributed by atoms with Gasteiger partial charge in [0.1, 0.15) is 5.60 Å². The van der Waals surface area contributed by atoms with E-state index in [2.05, 4.69) is 72.5 Å². The third-order valence-corrected chi connectivity index (χ3v) is 6.43. The zero-order valence-electron chi connectivity index (χ0n) is 15.8. The highest BCUT2D eigenvalue weighted by Crippen LogP contribution is 2.41. The number of piperidine rings is 1. The van der Waals surface area contributed by atoms with Crippen molar-refractivity contribution in [1.29, 1.82) is 0 Å². The maximum Gasteiger partial charge on any atom is 0.103 e. The van der Waals surface area contributed by atoms with Crippen LogP contribution in [0.25, 0.3) is 10.8 Å². The Kier molecular flexibility index (Phi) is 5.27. The van der Waals surface area contributed by atoms with Gasteiger partial charge in [-0.05, 0) is 53.4 Å². The predicted octanol–water partition coefficient (Wildman–Crippen LogP) is 5.16. The van der Waals surface area contributed by atoms with Crippen molar-refractivity contribution in [1.82, 2.24) is 4.90 Å². The number of fused-ring (bicyclic) bond motifs is 1. The van der Waals surface area contributed by atoms with Crippen LogP contribution < -0.4 is 0 Å². The van der Waals surface area contributed by atoms with Crippen LogP contribution in [0.2, 0.25) is 0 Å². The standard InChI is InChI=1S/C24H27NOS/c1-2-25-16-8-15-24(26,17-25)22-14-6-5-12-21(22)23(27)20-13-7-10-18-9-3-4-11-19(18)20/h3-7,9-14,23,26-27H,2,8,15-17H2,1H3. The highest BCUT2D eigenvalue weighted by atomic mass is 32.1. The molecule has 2 unspecified atom stereocenters. The fourth-order valence-corrected chi connectivity index (χ4v) is 4.88. The van der Waals surface area contributed by atoms with E-state index >= 15 is 0 Å². The SMILES string of the molecule is CCN1CCCC(O)(c2ccccc2C(S)c2cccc3ccccc23)C1. The van der Waals surface area contributed by atoms with Crippen molar-refractivity contribution >= 4 is 23.4 Å². The van der Waals surface area contributed by atoms with Gasteiger partial charge in [-0.2, -0.15) is 12.6 Å². The third kappa shape index (κ3) is 3.52. The Morgan fingerprint density at radius 2 is 1.70 bits per heavy atom. The van der Waals surface area contributed by atoms with E-state index in [0.29, 0.717) is 6.54 Å². The zero-order chi connectivity index (χ0) is 18.9. The molecule has 2 nitrogen and oxygen atoms in total. The molecule has 27 heavy (non-hydrogen) atoms. The van der Waals surface area contributed by atoms with Gasteiger partial charge in [0.15, 0.2) is 0 Å². The van der Waals surface area contributed by atoms with Crippen LogP contribution in [-0.4, -0.2) is 29.6 Å². The molecule has 3 aromatic carbocycles. The molecule has 1 aliphatic rings. The van der Waals surface area contributed by atoms with Gasteiger partial charge in [-0.3, -0.25) is 0 Å². The second-order valence-corrected chi connectivity index (χ2v) is 8.08. The summed E-state index contributed by atoms with van der Waals surface area (Å²) in [6, 6.07) is 23.1. The predicted molar refractivity (Wildman–Crippen MR) is 116 cm³/mol. The Bertz CT molecular complexity index is 935.